The molecule has 15 heavy (non-hydrogen) atoms. The van der Waals surface area contributed by atoms with Crippen molar-refractivity contribution in [2.24, 2.45) is 0 Å². The summed E-state index contributed by atoms with van der Waals surface area (Å²) in [5, 5.41) is 3.47. The Morgan fingerprint density at radius 1 is 1.27 bits per heavy atom. The fraction of sp³-hybridized carbons (Fsp3) is 0.700. The zero-order chi connectivity index (χ0) is 11.1. The molecular weight excluding hydrogens is 235 g/mol. The molecule has 1 fully saturated rings. The van der Waals surface area contributed by atoms with Crippen LogP contribution in [0.25, 0.3) is 0 Å². The number of nitrogens with one attached hydrogen (secondary N) is 1. The van der Waals surface area contributed by atoms with Crippen LogP contribution in [0.4, 0.5) is 0 Å². The van der Waals surface area contributed by atoms with Crippen molar-refractivity contribution in [3.05, 3.63) is 10.6 Å². The minimum absolute atomic E-state index is 0.147. The van der Waals surface area contributed by atoms with Gasteiger partial charge in [0.15, 0.2) is 0 Å². The third-order valence-corrected chi connectivity index (χ3v) is 3.02. The van der Waals surface area contributed by atoms with Crippen LogP contribution in [0.5, 0.6) is 0 Å². The molecule has 0 aromatic heterocycles. The van der Waals surface area contributed by atoms with Crippen LogP contribution in [-0.2, 0) is 4.79 Å². The lowest BCUT2D eigenvalue weighted by Crippen LogP contribution is -2.41. The van der Waals surface area contributed by atoms with Gasteiger partial charge in [-0.05, 0) is 19.3 Å². The van der Waals surface area contributed by atoms with Crippen molar-refractivity contribution in [2.75, 3.05) is 26.2 Å². The maximum atomic E-state index is 11.6. The van der Waals surface area contributed by atoms with Gasteiger partial charge in [-0.15, -0.1) is 0 Å². The van der Waals surface area contributed by atoms with E-state index in [1.165, 1.54) is 12.0 Å². The predicted octanol–water partition coefficient (Wildman–Crippen LogP) is 1.91. The van der Waals surface area contributed by atoms with Gasteiger partial charge >= 0.3 is 0 Å². The average Bonchev–Trinajstić information content (AvgIpc) is 2.29. The Morgan fingerprint density at radius 3 is 2.53 bits per heavy atom. The van der Waals surface area contributed by atoms with Crippen molar-refractivity contribution >= 4 is 29.1 Å². The second kappa shape index (κ2) is 7.09. The summed E-state index contributed by atoms with van der Waals surface area (Å²) in [6.45, 7) is 2.56. The zero-order valence-electron chi connectivity index (χ0n) is 8.64. The Balaban J connectivity index is 2.17. The number of halogens is 2. The van der Waals surface area contributed by atoms with Gasteiger partial charge in [0.25, 0.3) is 0 Å². The molecule has 1 aliphatic rings. The van der Waals surface area contributed by atoms with E-state index in [1.807, 2.05) is 4.90 Å². The van der Waals surface area contributed by atoms with E-state index in [1.54, 1.807) is 0 Å². The quantitative estimate of drug-likeness (QED) is 0.827. The van der Waals surface area contributed by atoms with E-state index in [-0.39, 0.29) is 5.91 Å². The van der Waals surface area contributed by atoms with Crippen molar-refractivity contribution < 1.29 is 4.79 Å². The molecule has 1 aliphatic heterocycles. The number of amides is 1. The van der Waals surface area contributed by atoms with Gasteiger partial charge in [-0.2, -0.15) is 0 Å². The highest BCUT2D eigenvalue weighted by Crippen LogP contribution is 2.08. The average molecular weight is 251 g/mol. The van der Waals surface area contributed by atoms with Crippen LogP contribution >= 0.6 is 23.2 Å². The van der Waals surface area contributed by atoms with Gasteiger partial charge in [0, 0.05) is 30.2 Å². The number of piperidine rings is 1. The van der Waals surface area contributed by atoms with Crippen molar-refractivity contribution in [1.29, 1.82) is 0 Å². The summed E-state index contributed by atoms with van der Waals surface area (Å²) in [4.78, 5) is 13.5. The number of rotatable bonds is 4. The molecule has 0 aliphatic carbocycles. The van der Waals surface area contributed by atoms with Gasteiger partial charge in [0.2, 0.25) is 5.91 Å². The lowest BCUT2D eigenvalue weighted by atomic mass is 10.1. The number of nitrogens with zero attached hydrogens (tertiary/aromatic N) is 1. The first-order valence-electron chi connectivity index (χ1n) is 5.17. The highest BCUT2D eigenvalue weighted by molar-refractivity contribution is 6.36. The zero-order valence-corrected chi connectivity index (χ0v) is 10.2. The minimum atomic E-state index is 0.147. The normalized spacial score (nSPS) is 18.0. The van der Waals surface area contributed by atoms with E-state index in [0.29, 0.717) is 18.1 Å². The van der Waals surface area contributed by atoms with Crippen LogP contribution in [0.3, 0.4) is 0 Å². The van der Waals surface area contributed by atoms with E-state index in [9.17, 15) is 4.79 Å². The standard InChI is InChI=1S/C10H16Cl2N2O/c11-6-9(12)7-13-8-10(15)14-4-2-1-3-5-14/h6,13H,1-5,7-8H2/b9-6+. The smallest absolute Gasteiger partial charge is 0.236 e. The van der Waals surface area contributed by atoms with Gasteiger partial charge in [0.05, 0.1) is 6.54 Å². The highest BCUT2D eigenvalue weighted by atomic mass is 35.5. The van der Waals surface area contributed by atoms with Crippen LogP contribution in [0.2, 0.25) is 0 Å². The van der Waals surface area contributed by atoms with E-state index in [4.69, 9.17) is 23.2 Å². The Bertz CT molecular complexity index is 238. The summed E-state index contributed by atoms with van der Waals surface area (Å²) in [5.41, 5.74) is 1.31. The molecule has 1 N–H and O–H groups in total. The summed E-state index contributed by atoms with van der Waals surface area (Å²) in [6, 6.07) is 0. The van der Waals surface area contributed by atoms with Crippen molar-refractivity contribution in [3.8, 4) is 0 Å². The summed E-state index contributed by atoms with van der Waals surface area (Å²) >= 11 is 11.1. The summed E-state index contributed by atoms with van der Waals surface area (Å²) < 4.78 is 0. The van der Waals surface area contributed by atoms with Gasteiger partial charge in [-0.3, -0.25) is 4.79 Å². The van der Waals surface area contributed by atoms with Gasteiger partial charge in [-0.25, -0.2) is 0 Å². The predicted molar refractivity (Wildman–Crippen MR) is 63.1 cm³/mol. The third-order valence-electron chi connectivity index (χ3n) is 2.40. The molecule has 1 heterocycles. The van der Waals surface area contributed by atoms with Gasteiger partial charge in [-0.1, -0.05) is 23.2 Å². The molecule has 0 unspecified atom stereocenters. The molecule has 0 bridgehead atoms. The summed E-state index contributed by atoms with van der Waals surface area (Å²) in [6.07, 6.45) is 3.47. The Morgan fingerprint density at radius 2 is 1.93 bits per heavy atom. The second-order valence-electron chi connectivity index (χ2n) is 3.60. The van der Waals surface area contributed by atoms with Crippen molar-refractivity contribution in [2.45, 2.75) is 19.3 Å². The van der Waals surface area contributed by atoms with Gasteiger partial charge in [0.1, 0.15) is 0 Å². The van der Waals surface area contributed by atoms with Crippen molar-refractivity contribution in [3.63, 3.8) is 0 Å². The fourth-order valence-corrected chi connectivity index (χ4v) is 1.75. The SMILES string of the molecule is O=C(CNC/C(Cl)=C\Cl)N1CCCCC1. The maximum Gasteiger partial charge on any atom is 0.236 e. The molecule has 0 aromatic carbocycles. The first kappa shape index (κ1) is 12.8. The van der Waals surface area contributed by atoms with E-state index >= 15 is 0 Å². The Hall–Kier alpha value is -0.250. The number of likely N-dealkylation sites (tertiary alicyclic amines) is 1. The monoisotopic (exact) mass is 250 g/mol. The third kappa shape index (κ3) is 4.87. The fourth-order valence-electron chi connectivity index (χ4n) is 1.58. The number of hydrogen-bond donors (Lipinski definition) is 1. The van der Waals surface area contributed by atoms with E-state index in [2.05, 4.69) is 5.32 Å². The molecule has 1 saturated heterocycles. The van der Waals surface area contributed by atoms with E-state index in [0.717, 1.165) is 25.9 Å². The molecule has 0 spiro atoms. The van der Waals surface area contributed by atoms with Crippen LogP contribution in [0, 0.1) is 0 Å². The first-order valence-corrected chi connectivity index (χ1v) is 5.98. The molecule has 0 saturated carbocycles. The molecule has 1 rings (SSSR count). The number of carbonyl (C=O) groups is 1. The summed E-state index contributed by atoms with van der Waals surface area (Å²) in [5.74, 6) is 0.147. The van der Waals surface area contributed by atoms with E-state index < -0.39 is 0 Å². The minimum Gasteiger partial charge on any atom is -0.342 e. The topological polar surface area (TPSA) is 32.3 Å². The van der Waals surface area contributed by atoms with Crippen molar-refractivity contribution in [1.82, 2.24) is 10.2 Å². The van der Waals surface area contributed by atoms with Crippen LogP contribution in [0.1, 0.15) is 19.3 Å². The second-order valence-corrected chi connectivity index (χ2v) is 4.30. The molecule has 86 valence electrons. The maximum absolute atomic E-state index is 11.6. The molecule has 0 radical (unpaired) electrons. The molecular formula is C10H16Cl2N2O. The van der Waals surface area contributed by atoms with Crippen LogP contribution in [0.15, 0.2) is 10.6 Å². The lowest BCUT2D eigenvalue weighted by molar-refractivity contribution is -0.131. The van der Waals surface area contributed by atoms with Gasteiger partial charge < -0.3 is 10.2 Å². The van der Waals surface area contributed by atoms with Crippen LogP contribution in [-0.4, -0.2) is 37.0 Å². The molecule has 3 nitrogen and oxygen atoms in total. The highest BCUT2D eigenvalue weighted by Gasteiger charge is 2.15. The van der Waals surface area contributed by atoms with Crippen LogP contribution < -0.4 is 5.32 Å². The summed E-state index contributed by atoms with van der Waals surface area (Å²) in [7, 11) is 0. The number of carbonyl (C=O) groups excluding carboxylic acids is 1. The molecule has 0 atom stereocenters. The Kier molecular flexibility index (Phi) is 6.06. The first-order chi connectivity index (χ1) is 7.24. The lowest BCUT2D eigenvalue weighted by Gasteiger charge is -2.26. The number of hydrogen-bond acceptors (Lipinski definition) is 2. The molecule has 0 aromatic rings. The largest absolute Gasteiger partial charge is 0.342 e. The Labute approximate surface area is 100 Å². The molecule has 5 heteroatoms. The molecule has 1 amide bonds.